The number of halogens is 2. The van der Waals surface area contributed by atoms with Gasteiger partial charge in [-0.15, -0.1) is 0 Å². The van der Waals surface area contributed by atoms with E-state index in [1.165, 1.54) is 17.2 Å². The molecule has 4 aromatic rings. The summed E-state index contributed by atoms with van der Waals surface area (Å²) in [5, 5.41) is 0. The van der Waals surface area contributed by atoms with Crippen molar-refractivity contribution in [2.75, 3.05) is 26.2 Å². The molecule has 4 nitrogen and oxygen atoms in total. The van der Waals surface area contributed by atoms with E-state index in [1.807, 2.05) is 41.5 Å². The molecule has 1 aliphatic heterocycles. The zero-order valence-electron chi connectivity index (χ0n) is 21.2. The van der Waals surface area contributed by atoms with Crippen molar-refractivity contribution in [3.05, 3.63) is 130 Å². The van der Waals surface area contributed by atoms with E-state index in [0.717, 1.165) is 30.4 Å². The predicted molar refractivity (Wildman–Crippen MR) is 142 cm³/mol. The van der Waals surface area contributed by atoms with Crippen molar-refractivity contribution < 1.29 is 13.6 Å². The maximum absolute atomic E-state index is 13.8. The van der Waals surface area contributed by atoms with E-state index in [-0.39, 0.29) is 11.9 Å². The lowest BCUT2D eigenvalue weighted by molar-refractivity contribution is 0.0586. The molecule has 0 N–H and O–H groups in total. The largest absolute Gasteiger partial charge is 0.336 e. The molecule has 0 aliphatic carbocycles. The number of hydrogen-bond donors (Lipinski definition) is 0. The van der Waals surface area contributed by atoms with Crippen LogP contribution in [0.3, 0.4) is 0 Å². The van der Waals surface area contributed by atoms with Crippen molar-refractivity contribution in [2.45, 2.75) is 26.4 Å². The van der Waals surface area contributed by atoms with Gasteiger partial charge in [-0.05, 0) is 54.3 Å². The first kappa shape index (κ1) is 24.9. The Kier molecular flexibility index (Phi) is 7.19. The zero-order valence-corrected chi connectivity index (χ0v) is 21.2. The predicted octanol–water partition coefficient (Wildman–Crippen LogP) is 5.98. The minimum Gasteiger partial charge on any atom is -0.336 e. The highest BCUT2D eigenvalue weighted by Gasteiger charge is 2.30. The van der Waals surface area contributed by atoms with Gasteiger partial charge in [0, 0.05) is 38.4 Å². The van der Waals surface area contributed by atoms with Crippen LogP contribution in [0.1, 0.15) is 44.5 Å². The van der Waals surface area contributed by atoms with E-state index in [1.54, 1.807) is 6.07 Å². The lowest BCUT2D eigenvalue weighted by atomic mass is 9.96. The van der Waals surface area contributed by atoms with Crippen LogP contribution in [-0.4, -0.2) is 46.5 Å². The summed E-state index contributed by atoms with van der Waals surface area (Å²) in [6.07, 6.45) is 0. The van der Waals surface area contributed by atoms with Crippen molar-refractivity contribution in [3.63, 3.8) is 0 Å². The van der Waals surface area contributed by atoms with Crippen molar-refractivity contribution in [2.24, 2.45) is 0 Å². The van der Waals surface area contributed by atoms with Gasteiger partial charge < -0.3 is 9.47 Å². The SMILES string of the molecule is Cc1cc(C)n(Cc2ccc(F)c(F)c2)c1C(=O)N1CCN(C(c2ccccc2)c2ccccc2)CC1. The van der Waals surface area contributed by atoms with Crippen LogP contribution in [0, 0.1) is 25.5 Å². The average Bonchev–Trinajstić information content (AvgIpc) is 3.19. The number of piperazine rings is 1. The van der Waals surface area contributed by atoms with Gasteiger partial charge >= 0.3 is 0 Å². The van der Waals surface area contributed by atoms with E-state index >= 15 is 0 Å². The molecule has 1 saturated heterocycles. The van der Waals surface area contributed by atoms with Crippen molar-refractivity contribution in [1.82, 2.24) is 14.4 Å². The van der Waals surface area contributed by atoms with Gasteiger partial charge in [0.1, 0.15) is 5.69 Å². The summed E-state index contributed by atoms with van der Waals surface area (Å²) in [7, 11) is 0. The first-order valence-corrected chi connectivity index (χ1v) is 12.7. The summed E-state index contributed by atoms with van der Waals surface area (Å²) >= 11 is 0. The molecule has 3 aromatic carbocycles. The van der Waals surface area contributed by atoms with Gasteiger partial charge in [0.05, 0.1) is 6.04 Å². The molecule has 0 saturated carbocycles. The lowest BCUT2D eigenvalue weighted by Gasteiger charge is -2.40. The van der Waals surface area contributed by atoms with E-state index in [0.29, 0.717) is 30.9 Å². The Balaban J connectivity index is 1.35. The Morgan fingerprint density at radius 1 is 0.784 bits per heavy atom. The first-order valence-electron chi connectivity index (χ1n) is 12.7. The Bertz CT molecular complexity index is 1340. The van der Waals surface area contributed by atoms with Crippen molar-refractivity contribution in [3.8, 4) is 0 Å². The number of carbonyl (C=O) groups excluding carboxylic acids is 1. The van der Waals surface area contributed by atoms with E-state index < -0.39 is 11.6 Å². The zero-order chi connectivity index (χ0) is 25.9. The molecular formula is C31H31F2N3O. The molecule has 0 atom stereocenters. The Hall–Kier alpha value is -3.77. The standard InChI is InChI=1S/C31H31F2N3O/c1-22-19-23(2)36(21-24-13-14-27(32)28(33)20-24)29(22)31(37)35-17-15-34(16-18-35)30(25-9-5-3-6-10-25)26-11-7-4-8-12-26/h3-14,19-20,30H,15-18,21H2,1-2H3. The second-order valence-electron chi connectivity index (χ2n) is 9.70. The number of benzene rings is 3. The quantitative estimate of drug-likeness (QED) is 0.327. The summed E-state index contributed by atoms with van der Waals surface area (Å²) in [5.41, 5.74) is 5.50. The summed E-state index contributed by atoms with van der Waals surface area (Å²) in [4.78, 5) is 18.1. The third-order valence-corrected chi connectivity index (χ3v) is 7.22. The van der Waals surface area contributed by atoms with Crippen LogP contribution in [-0.2, 0) is 6.54 Å². The maximum atomic E-state index is 13.8. The first-order chi connectivity index (χ1) is 17.9. The average molecular weight is 500 g/mol. The topological polar surface area (TPSA) is 28.5 Å². The molecule has 1 aromatic heterocycles. The van der Waals surface area contributed by atoms with Crippen LogP contribution in [0.15, 0.2) is 84.9 Å². The molecule has 190 valence electrons. The third kappa shape index (κ3) is 5.20. The van der Waals surface area contributed by atoms with Gasteiger partial charge in [-0.3, -0.25) is 9.69 Å². The molecule has 0 bridgehead atoms. The molecule has 5 rings (SSSR count). The molecular weight excluding hydrogens is 468 g/mol. The monoisotopic (exact) mass is 499 g/mol. The summed E-state index contributed by atoms with van der Waals surface area (Å²) in [6.45, 7) is 6.91. The number of amides is 1. The van der Waals surface area contributed by atoms with Gasteiger partial charge in [0.2, 0.25) is 0 Å². The molecule has 1 fully saturated rings. The lowest BCUT2D eigenvalue weighted by Crippen LogP contribution is -2.50. The second kappa shape index (κ2) is 10.7. The fourth-order valence-electron chi connectivity index (χ4n) is 5.38. The normalized spacial score (nSPS) is 14.4. The Labute approximate surface area is 216 Å². The molecule has 1 amide bonds. The number of aromatic nitrogens is 1. The third-order valence-electron chi connectivity index (χ3n) is 7.22. The second-order valence-corrected chi connectivity index (χ2v) is 9.70. The fourth-order valence-corrected chi connectivity index (χ4v) is 5.38. The Morgan fingerprint density at radius 3 is 1.95 bits per heavy atom. The van der Waals surface area contributed by atoms with Crippen molar-refractivity contribution >= 4 is 5.91 Å². The molecule has 2 heterocycles. The molecule has 0 spiro atoms. The smallest absolute Gasteiger partial charge is 0.270 e. The molecule has 0 unspecified atom stereocenters. The number of hydrogen-bond acceptors (Lipinski definition) is 2. The van der Waals surface area contributed by atoms with Gasteiger partial charge in [0.25, 0.3) is 5.91 Å². The Morgan fingerprint density at radius 2 is 1.38 bits per heavy atom. The van der Waals surface area contributed by atoms with Gasteiger partial charge in [-0.1, -0.05) is 66.7 Å². The van der Waals surface area contributed by atoms with Gasteiger partial charge in [-0.2, -0.15) is 0 Å². The maximum Gasteiger partial charge on any atom is 0.270 e. The number of aryl methyl sites for hydroxylation is 2. The molecule has 6 heteroatoms. The van der Waals surface area contributed by atoms with Crippen LogP contribution in [0.5, 0.6) is 0 Å². The molecule has 37 heavy (non-hydrogen) atoms. The van der Waals surface area contributed by atoms with Gasteiger partial charge in [-0.25, -0.2) is 8.78 Å². The minimum absolute atomic E-state index is 0.0243. The van der Waals surface area contributed by atoms with Crippen LogP contribution < -0.4 is 0 Å². The van der Waals surface area contributed by atoms with E-state index in [9.17, 15) is 13.6 Å². The molecule has 1 aliphatic rings. The highest BCUT2D eigenvalue weighted by Crippen LogP contribution is 2.30. The minimum atomic E-state index is -0.880. The number of rotatable bonds is 6. The number of nitrogens with zero attached hydrogens (tertiary/aromatic N) is 3. The van der Waals surface area contributed by atoms with Crippen LogP contribution in [0.25, 0.3) is 0 Å². The fraction of sp³-hybridized carbons (Fsp3) is 0.258. The summed E-state index contributed by atoms with van der Waals surface area (Å²) < 4.78 is 29.2. The summed E-state index contributed by atoms with van der Waals surface area (Å²) in [6, 6.07) is 27.0. The van der Waals surface area contributed by atoms with E-state index in [4.69, 9.17) is 0 Å². The van der Waals surface area contributed by atoms with Crippen LogP contribution >= 0.6 is 0 Å². The highest BCUT2D eigenvalue weighted by molar-refractivity contribution is 5.94. The van der Waals surface area contributed by atoms with Crippen LogP contribution in [0.2, 0.25) is 0 Å². The highest BCUT2D eigenvalue weighted by atomic mass is 19.2. The van der Waals surface area contributed by atoms with E-state index in [2.05, 4.69) is 53.4 Å². The van der Waals surface area contributed by atoms with Crippen LogP contribution in [0.4, 0.5) is 8.78 Å². The van der Waals surface area contributed by atoms with Crippen molar-refractivity contribution in [1.29, 1.82) is 0 Å². The summed E-state index contributed by atoms with van der Waals surface area (Å²) in [5.74, 6) is -1.78. The molecule has 0 radical (unpaired) electrons. The van der Waals surface area contributed by atoms with Gasteiger partial charge in [0.15, 0.2) is 11.6 Å². The number of carbonyl (C=O) groups is 1.